The first-order valence-corrected chi connectivity index (χ1v) is 8.38. The van der Waals surface area contributed by atoms with Gasteiger partial charge in [0.15, 0.2) is 11.5 Å². The van der Waals surface area contributed by atoms with Crippen LogP contribution >= 0.6 is 0 Å². The number of piperidine rings is 1. The summed E-state index contributed by atoms with van der Waals surface area (Å²) in [5.74, 6) is 0.0260. The summed E-state index contributed by atoms with van der Waals surface area (Å²) in [7, 11) is 1.43. The molecule has 0 radical (unpaired) electrons. The van der Waals surface area contributed by atoms with Gasteiger partial charge >= 0.3 is 0 Å². The van der Waals surface area contributed by atoms with E-state index in [0.29, 0.717) is 24.3 Å². The Bertz CT molecular complexity index is 782. The first-order valence-electron chi connectivity index (χ1n) is 8.38. The third-order valence-electron chi connectivity index (χ3n) is 4.37. The number of methoxy groups -OCH3 is 1. The third kappa shape index (κ3) is 3.94. The summed E-state index contributed by atoms with van der Waals surface area (Å²) in [4.78, 5) is 18.2. The Balaban J connectivity index is 1.65. The molecule has 0 spiro atoms. The summed E-state index contributed by atoms with van der Waals surface area (Å²) in [6.07, 6.45) is 0.623. The van der Waals surface area contributed by atoms with Crippen molar-refractivity contribution < 1.29 is 23.8 Å². The molecule has 0 bridgehead atoms. The van der Waals surface area contributed by atoms with Gasteiger partial charge < -0.3 is 19.5 Å². The molecule has 0 saturated carbocycles. The Labute approximate surface area is 151 Å². The van der Waals surface area contributed by atoms with Gasteiger partial charge in [0.25, 0.3) is 5.91 Å². The number of pyridine rings is 1. The van der Waals surface area contributed by atoms with Crippen LogP contribution in [0.25, 0.3) is 0 Å². The molecule has 6 nitrogen and oxygen atoms in total. The van der Waals surface area contributed by atoms with Gasteiger partial charge in [-0.05, 0) is 31.2 Å². The van der Waals surface area contributed by atoms with Gasteiger partial charge in [0.2, 0.25) is 0 Å². The van der Waals surface area contributed by atoms with Crippen molar-refractivity contribution in [2.75, 3.05) is 20.2 Å². The number of rotatable bonds is 4. The van der Waals surface area contributed by atoms with E-state index < -0.39 is 18.0 Å². The highest BCUT2D eigenvalue weighted by atomic mass is 19.1. The van der Waals surface area contributed by atoms with Crippen molar-refractivity contribution in [2.45, 2.75) is 25.6 Å². The number of halogens is 1. The Morgan fingerprint density at radius 1 is 1.31 bits per heavy atom. The summed E-state index contributed by atoms with van der Waals surface area (Å²) >= 11 is 0. The van der Waals surface area contributed by atoms with Gasteiger partial charge in [-0.15, -0.1) is 0 Å². The molecule has 0 unspecified atom stereocenters. The summed E-state index contributed by atoms with van der Waals surface area (Å²) in [5, 5.41) is 10.4. The second-order valence-electron chi connectivity index (χ2n) is 6.25. The van der Waals surface area contributed by atoms with Crippen LogP contribution < -0.4 is 9.47 Å². The maximum Gasteiger partial charge on any atom is 0.255 e. The van der Waals surface area contributed by atoms with Crippen molar-refractivity contribution in [3.05, 3.63) is 53.6 Å². The lowest BCUT2D eigenvalue weighted by atomic mass is 10.0. The lowest BCUT2D eigenvalue weighted by molar-refractivity contribution is -0.0207. The van der Waals surface area contributed by atoms with Crippen molar-refractivity contribution in [3.63, 3.8) is 0 Å². The van der Waals surface area contributed by atoms with E-state index in [1.54, 1.807) is 17.0 Å². The largest absolute Gasteiger partial charge is 0.493 e. The number of nitrogens with zero attached hydrogens (tertiary/aromatic N) is 2. The van der Waals surface area contributed by atoms with Gasteiger partial charge in [-0.3, -0.25) is 9.78 Å². The highest BCUT2D eigenvalue weighted by Crippen LogP contribution is 2.30. The van der Waals surface area contributed by atoms with Gasteiger partial charge in [0, 0.05) is 30.9 Å². The lowest BCUT2D eigenvalue weighted by Gasteiger charge is -2.36. The first-order chi connectivity index (χ1) is 12.5. The van der Waals surface area contributed by atoms with Crippen LogP contribution in [0.4, 0.5) is 4.39 Å². The molecule has 1 aromatic heterocycles. The molecule has 1 N–H and O–H groups in total. The molecule has 0 aliphatic carbocycles. The molecule has 1 fully saturated rings. The van der Waals surface area contributed by atoms with Gasteiger partial charge in [-0.1, -0.05) is 0 Å². The van der Waals surface area contributed by atoms with E-state index in [1.165, 1.54) is 31.5 Å². The number of hydrogen-bond donors (Lipinski definition) is 1. The third-order valence-corrected chi connectivity index (χ3v) is 4.37. The standard InChI is InChI=1S/C19H21FN2O4/c1-12-3-4-13(10-21-12)19(24)22-8-7-16(15(23)11-22)26-17-6-5-14(20)9-18(17)25-2/h3-6,9-10,15-16,23H,7-8,11H2,1-2H3/t15-,16-/m1/s1. The molecular weight excluding hydrogens is 339 g/mol. The number of aromatic nitrogens is 1. The zero-order chi connectivity index (χ0) is 18.7. The summed E-state index contributed by atoms with van der Waals surface area (Å²) in [6.45, 7) is 2.45. The number of amides is 1. The van der Waals surface area contributed by atoms with Crippen molar-refractivity contribution in [2.24, 2.45) is 0 Å². The minimum Gasteiger partial charge on any atom is -0.493 e. The second-order valence-corrected chi connectivity index (χ2v) is 6.25. The number of benzene rings is 1. The molecule has 2 heterocycles. The highest BCUT2D eigenvalue weighted by molar-refractivity contribution is 5.94. The minimum atomic E-state index is -0.860. The van der Waals surface area contributed by atoms with E-state index >= 15 is 0 Å². The van der Waals surface area contributed by atoms with E-state index in [-0.39, 0.29) is 18.2 Å². The molecule has 26 heavy (non-hydrogen) atoms. The zero-order valence-electron chi connectivity index (χ0n) is 14.7. The maximum atomic E-state index is 13.3. The monoisotopic (exact) mass is 360 g/mol. The van der Waals surface area contributed by atoms with E-state index in [1.807, 2.05) is 6.92 Å². The molecule has 1 aliphatic heterocycles. The molecular formula is C19H21FN2O4. The molecule has 7 heteroatoms. The van der Waals surface area contributed by atoms with Crippen LogP contribution in [0.15, 0.2) is 36.5 Å². The van der Waals surface area contributed by atoms with Crippen molar-refractivity contribution in [1.82, 2.24) is 9.88 Å². The van der Waals surface area contributed by atoms with Crippen LogP contribution in [0.3, 0.4) is 0 Å². The zero-order valence-corrected chi connectivity index (χ0v) is 14.7. The number of ether oxygens (including phenoxy) is 2. The molecule has 138 valence electrons. The highest BCUT2D eigenvalue weighted by Gasteiger charge is 2.32. The number of carbonyl (C=O) groups is 1. The number of hydrogen-bond acceptors (Lipinski definition) is 5. The van der Waals surface area contributed by atoms with E-state index in [2.05, 4.69) is 4.98 Å². The summed E-state index contributed by atoms with van der Waals surface area (Å²) in [5.41, 5.74) is 1.32. The molecule has 1 amide bonds. The average molecular weight is 360 g/mol. The smallest absolute Gasteiger partial charge is 0.255 e. The average Bonchev–Trinajstić information content (AvgIpc) is 2.64. The Morgan fingerprint density at radius 2 is 2.12 bits per heavy atom. The Kier molecular flexibility index (Phi) is 5.37. The minimum absolute atomic E-state index is 0.154. The van der Waals surface area contributed by atoms with Crippen LogP contribution in [0.1, 0.15) is 22.5 Å². The van der Waals surface area contributed by atoms with E-state index in [0.717, 1.165) is 5.69 Å². The maximum absolute atomic E-state index is 13.3. The molecule has 2 aromatic rings. The molecule has 1 saturated heterocycles. The summed E-state index contributed by atoms with van der Waals surface area (Å²) in [6, 6.07) is 7.47. The van der Waals surface area contributed by atoms with Crippen molar-refractivity contribution in [3.8, 4) is 11.5 Å². The quantitative estimate of drug-likeness (QED) is 0.905. The van der Waals surface area contributed by atoms with Gasteiger partial charge in [0.05, 0.1) is 19.2 Å². The molecule has 3 rings (SSSR count). The fraction of sp³-hybridized carbons (Fsp3) is 0.368. The second kappa shape index (κ2) is 7.70. The van der Waals surface area contributed by atoms with Crippen molar-refractivity contribution >= 4 is 5.91 Å². The van der Waals surface area contributed by atoms with Crippen LogP contribution in [0, 0.1) is 12.7 Å². The predicted molar refractivity (Wildman–Crippen MR) is 92.9 cm³/mol. The molecule has 1 aliphatic rings. The normalized spacial score (nSPS) is 19.9. The van der Waals surface area contributed by atoms with Gasteiger partial charge in [-0.2, -0.15) is 0 Å². The summed E-state index contributed by atoms with van der Waals surface area (Å²) < 4.78 is 24.2. The molecule has 1 aromatic carbocycles. The Morgan fingerprint density at radius 3 is 2.77 bits per heavy atom. The van der Waals surface area contributed by atoms with Crippen molar-refractivity contribution in [1.29, 1.82) is 0 Å². The van der Waals surface area contributed by atoms with Gasteiger partial charge in [0.1, 0.15) is 18.0 Å². The predicted octanol–water partition coefficient (Wildman–Crippen LogP) is 2.19. The number of aryl methyl sites for hydroxylation is 1. The number of likely N-dealkylation sites (tertiary alicyclic amines) is 1. The Hall–Kier alpha value is -2.67. The SMILES string of the molecule is COc1cc(F)ccc1O[C@@H]1CCN(C(=O)c2ccc(C)nc2)C[C@H]1O. The number of β-amino-alcohol motifs (C(OH)–C–C–N with tert-alkyl or cyclic N) is 1. The van der Waals surface area contributed by atoms with Crippen LogP contribution in [-0.2, 0) is 0 Å². The van der Waals surface area contributed by atoms with Gasteiger partial charge in [-0.25, -0.2) is 4.39 Å². The van der Waals surface area contributed by atoms with Crippen LogP contribution in [-0.4, -0.2) is 53.3 Å². The fourth-order valence-corrected chi connectivity index (χ4v) is 2.91. The van der Waals surface area contributed by atoms with Crippen LogP contribution in [0.5, 0.6) is 11.5 Å². The number of carbonyl (C=O) groups excluding carboxylic acids is 1. The topological polar surface area (TPSA) is 71.9 Å². The number of aliphatic hydroxyl groups is 1. The van der Waals surface area contributed by atoms with Crippen LogP contribution in [0.2, 0.25) is 0 Å². The van der Waals surface area contributed by atoms with E-state index in [9.17, 15) is 14.3 Å². The fourth-order valence-electron chi connectivity index (χ4n) is 2.91. The number of aliphatic hydroxyl groups excluding tert-OH is 1. The lowest BCUT2D eigenvalue weighted by Crippen LogP contribution is -2.51. The first kappa shape index (κ1) is 18.1. The molecule has 2 atom stereocenters. The van der Waals surface area contributed by atoms with E-state index in [4.69, 9.17) is 9.47 Å².